The van der Waals surface area contributed by atoms with Crippen LogP contribution in [0.5, 0.6) is 0 Å². The van der Waals surface area contributed by atoms with Gasteiger partial charge in [-0.1, -0.05) is 60.7 Å². The van der Waals surface area contributed by atoms with Crippen LogP contribution in [-0.4, -0.2) is 14.4 Å². The van der Waals surface area contributed by atoms with Gasteiger partial charge in [0, 0.05) is 11.8 Å². The van der Waals surface area contributed by atoms with E-state index in [1.165, 1.54) is 10.9 Å². The van der Waals surface area contributed by atoms with Crippen LogP contribution in [0.2, 0.25) is 0 Å². The van der Waals surface area contributed by atoms with Crippen molar-refractivity contribution < 1.29 is 0 Å². The third kappa shape index (κ3) is 2.52. The van der Waals surface area contributed by atoms with Crippen LogP contribution in [0.4, 0.5) is 0 Å². The summed E-state index contributed by atoms with van der Waals surface area (Å²) in [6.07, 6.45) is 1.88. The van der Waals surface area contributed by atoms with Crippen molar-refractivity contribution in [1.29, 1.82) is 0 Å². The first-order valence-corrected chi connectivity index (χ1v) is 9.69. The summed E-state index contributed by atoms with van der Waals surface area (Å²) in [5.74, 6) is 0. The van der Waals surface area contributed by atoms with E-state index in [2.05, 4.69) is 89.3 Å². The van der Waals surface area contributed by atoms with Crippen LogP contribution in [0, 0.1) is 0 Å². The topological polar surface area (TPSA) is 30.2 Å². The van der Waals surface area contributed by atoms with Gasteiger partial charge in [-0.15, -0.1) is 0 Å². The minimum Gasteiger partial charge on any atom is -0.292 e. The summed E-state index contributed by atoms with van der Waals surface area (Å²) in [5.41, 5.74) is 8.49. The van der Waals surface area contributed by atoms with Crippen molar-refractivity contribution in [2.24, 2.45) is 0 Å². The number of fused-ring (bicyclic) bond motifs is 5. The van der Waals surface area contributed by atoms with Crippen molar-refractivity contribution in [3.8, 4) is 22.4 Å². The third-order valence-electron chi connectivity index (χ3n) is 5.42. The highest BCUT2D eigenvalue weighted by molar-refractivity contribution is 5.97. The molecule has 0 aliphatic rings. The van der Waals surface area contributed by atoms with Gasteiger partial charge in [-0.25, -0.2) is 4.98 Å². The van der Waals surface area contributed by atoms with E-state index in [9.17, 15) is 0 Å². The lowest BCUT2D eigenvalue weighted by atomic mass is 10.0. The van der Waals surface area contributed by atoms with Gasteiger partial charge in [-0.3, -0.25) is 9.38 Å². The number of hydrogen-bond donors (Lipinski definition) is 0. The molecule has 0 radical (unpaired) electrons. The van der Waals surface area contributed by atoms with Gasteiger partial charge in [-0.05, 0) is 52.9 Å². The van der Waals surface area contributed by atoms with Crippen LogP contribution in [-0.2, 0) is 0 Å². The molecule has 0 saturated heterocycles. The largest absolute Gasteiger partial charge is 0.292 e. The number of rotatable bonds is 2. The first kappa shape index (κ1) is 16.0. The molecule has 3 nitrogen and oxygen atoms in total. The maximum Gasteiger partial charge on any atom is 0.147 e. The zero-order valence-corrected chi connectivity index (χ0v) is 15.7. The van der Waals surface area contributed by atoms with Crippen LogP contribution in [0.25, 0.3) is 50.0 Å². The highest BCUT2D eigenvalue weighted by Gasteiger charge is 2.15. The summed E-state index contributed by atoms with van der Waals surface area (Å²) in [4.78, 5) is 9.68. The number of para-hydroxylation sites is 3. The van der Waals surface area contributed by atoms with Crippen LogP contribution in [0.1, 0.15) is 0 Å². The second kappa shape index (κ2) is 6.28. The van der Waals surface area contributed by atoms with Gasteiger partial charge < -0.3 is 0 Å². The van der Waals surface area contributed by atoms with Gasteiger partial charge in [0.15, 0.2) is 0 Å². The summed E-state index contributed by atoms with van der Waals surface area (Å²) in [6.45, 7) is 0. The van der Waals surface area contributed by atoms with Gasteiger partial charge in [0.2, 0.25) is 0 Å². The highest BCUT2D eigenvalue weighted by atomic mass is 15.0. The molecule has 0 amide bonds. The second-order valence-electron chi connectivity index (χ2n) is 7.17. The van der Waals surface area contributed by atoms with Crippen molar-refractivity contribution in [3.63, 3.8) is 0 Å². The van der Waals surface area contributed by atoms with Gasteiger partial charge in [-0.2, -0.15) is 0 Å². The maximum atomic E-state index is 4.97. The fourth-order valence-electron chi connectivity index (χ4n) is 4.06. The minimum absolute atomic E-state index is 0.928. The van der Waals surface area contributed by atoms with Gasteiger partial charge in [0.25, 0.3) is 0 Å². The number of aromatic nitrogens is 3. The molecule has 3 heteroatoms. The lowest BCUT2D eigenvalue weighted by Gasteiger charge is -2.10. The summed E-state index contributed by atoms with van der Waals surface area (Å²) >= 11 is 0. The molecule has 136 valence electrons. The average Bonchev–Trinajstić information content (AvgIpc) is 3.19. The Balaban J connectivity index is 1.70. The SMILES string of the molecule is c1ccc(-c2ccnc(-c3cc4ccccc4n4c3nc3ccccc34)c2)cc1. The van der Waals surface area contributed by atoms with Gasteiger partial charge in [0.1, 0.15) is 5.65 Å². The summed E-state index contributed by atoms with van der Waals surface area (Å²) in [7, 11) is 0. The molecular weight excluding hydrogens is 354 g/mol. The molecule has 3 aromatic carbocycles. The number of pyridine rings is 2. The fraction of sp³-hybridized carbons (Fsp3) is 0. The summed E-state index contributed by atoms with van der Waals surface area (Å²) in [5, 5.41) is 1.17. The normalized spacial score (nSPS) is 11.4. The molecule has 3 aromatic heterocycles. The van der Waals surface area contributed by atoms with Crippen molar-refractivity contribution in [1.82, 2.24) is 14.4 Å². The number of nitrogens with zero attached hydrogens (tertiary/aromatic N) is 3. The predicted octanol–water partition coefficient (Wildman–Crippen LogP) is 6.37. The van der Waals surface area contributed by atoms with E-state index < -0.39 is 0 Å². The lowest BCUT2D eigenvalue weighted by molar-refractivity contribution is 1.27. The molecule has 0 bridgehead atoms. The van der Waals surface area contributed by atoms with E-state index >= 15 is 0 Å². The Bertz CT molecular complexity index is 1500. The maximum absolute atomic E-state index is 4.97. The molecule has 6 rings (SSSR count). The van der Waals surface area contributed by atoms with Gasteiger partial charge >= 0.3 is 0 Å². The van der Waals surface area contributed by atoms with Crippen LogP contribution in [0.15, 0.2) is 103 Å². The quantitative estimate of drug-likeness (QED) is 0.354. The molecule has 0 fully saturated rings. The number of benzene rings is 3. The Kier molecular flexibility index (Phi) is 3.47. The smallest absolute Gasteiger partial charge is 0.147 e. The average molecular weight is 371 g/mol. The minimum atomic E-state index is 0.928. The Labute approximate surface area is 167 Å². The van der Waals surface area contributed by atoms with Crippen LogP contribution in [0.3, 0.4) is 0 Å². The van der Waals surface area contributed by atoms with Crippen molar-refractivity contribution in [2.45, 2.75) is 0 Å². The van der Waals surface area contributed by atoms with Crippen LogP contribution < -0.4 is 0 Å². The molecule has 0 aliphatic heterocycles. The molecular formula is C26H17N3. The monoisotopic (exact) mass is 371 g/mol. The molecule has 0 unspecified atom stereocenters. The van der Waals surface area contributed by atoms with E-state index in [0.717, 1.165) is 39.0 Å². The Morgan fingerprint density at radius 1 is 0.621 bits per heavy atom. The van der Waals surface area contributed by atoms with Crippen molar-refractivity contribution in [3.05, 3.63) is 103 Å². The molecule has 0 saturated carbocycles. The number of hydrogen-bond acceptors (Lipinski definition) is 2. The standard InChI is InChI=1S/C26H17N3/c1-2-8-18(9-3-1)19-14-15-27-23(17-19)21-16-20-10-4-6-12-24(20)29-25-13-7-5-11-22(25)28-26(21)29/h1-17H. The first-order chi connectivity index (χ1) is 14.4. The second-order valence-corrected chi connectivity index (χ2v) is 7.17. The molecule has 0 spiro atoms. The summed E-state index contributed by atoms with van der Waals surface area (Å²) < 4.78 is 2.25. The van der Waals surface area contributed by atoms with Crippen molar-refractivity contribution in [2.75, 3.05) is 0 Å². The van der Waals surface area contributed by atoms with Crippen molar-refractivity contribution >= 4 is 27.6 Å². The molecule has 3 heterocycles. The fourth-order valence-corrected chi connectivity index (χ4v) is 4.06. The van der Waals surface area contributed by atoms with E-state index in [1.54, 1.807) is 0 Å². The van der Waals surface area contributed by atoms with Crippen LogP contribution >= 0.6 is 0 Å². The Hall–Kier alpha value is -3.98. The zero-order chi connectivity index (χ0) is 19.2. The molecule has 6 aromatic rings. The zero-order valence-electron chi connectivity index (χ0n) is 15.7. The van der Waals surface area contributed by atoms with E-state index in [4.69, 9.17) is 9.97 Å². The summed E-state index contributed by atoms with van der Waals surface area (Å²) in [6, 6.07) is 33.5. The third-order valence-corrected chi connectivity index (χ3v) is 5.42. The molecule has 29 heavy (non-hydrogen) atoms. The van der Waals surface area contributed by atoms with E-state index in [0.29, 0.717) is 0 Å². The molecule has 0 N–H and O–H groups in total. The molecule has 0 aliphatic carbocycles. The predicted molar refractivity (Wildman–Crippen MR) is 119 cm³/mol. The van der Waals surface area contributed by atoms with E-state index in [1.807, 2.05) is 18.3 Å². The molecule has 0 atom stereocenters. The number of imidazole rings is 1. The Morgan fingerprint density at radius 3 is 2.28 bits per heavy atom. The Morgan fingerprint density at radius 2 is 1.38 bits per heavy atom. The van der Waals surface area contributed by atoms with Gasteiger partial charge in [0.05, 0.1) is 22.2 Å². The highest BCUT2D eigenvalue weighted by Crippen LogP contribution is 2.33. The first-order valence-electron chi connectivity index (χ1n) is 9.69. The van der Waals surface area contributed by atoms with E-state index in [-0.39, 0.29) is 0 Å². The lowest BCUT2D eigenvalue weighted by Crippen LogP contribution is -1.94.